The number of rotatable bonds is 4. The third-order valence-corrected chi connectivity index (χ3v) is 6.54. The van der Waals surface area contributed by atoms with Crippen molar-refractivity contribution in [2.24, 2.45) is 5.92 Å². The number of ether oxygens (including phenoxy) is 1. The summed E-state index contributed by atoms with van der Waals surface area (Å²) in [7, 11) is 0. The number of carboxylic acid groups (broad SMARTS) is 1. The molecular weight excluding hydrogens is 404 g/mol. The number of carbonyl (C=O) groups is 2. The molecule has 3 atom stereocenters. The number of hydrogen-bond acceptors (Lipinski definition) is 4. The van der Waals surface area contributed by atoms with E-state index in [1.807, 2.05) is 43.9 Å². The molecule has 0 unspecified atom stereocenters. The number of nitrogens with zero attached hydrogens (tertiary/aromatic N) is 2. The Kier molecular flexibility index (Phi) is 6.24. The molecule has 1 N–H and O–H groups in total. The summed E-state index contributed by atoms with van der Waals surface area (Å²) < 4.78 is 5.64. The number of aromatic carboxylic acids is 1. The quantitative estimate of drug-likeness (QED) is 0.758. The summed E-state index contributed by atoms with van der Waals surface area (Å²) in [5, 5.41) is 9.61. The lowest BCUT2D eigenvalue weighted by molar-refractivity contribution is 0.0104. The highest BCUT2D eigenvalue weighted by atomic mass is 16.6. The van der Waals surface area contributed by atoms with Crippen molar-refractivity contribution in [3.8, 4) is 0 Å². The van der Waals surface area contributed by atoms with Gasteiger partial charge in [0.2, 0.25) is 0 Å². The van der Waals surface area contributed by atoms with Gasteiger partial charge in [0.15, 0.2) is 0 Å². The Balaban J connectivity index is 1.58. The molecule has 6 heteroatoms. The van der Waals surface area contributed by atoms with E-state index in [9.17, 15) is 14.7 Å². The zero-order valence-corrected chi connectivity index (χ0v) is 19.0. The number of carboxylic acids is 1. The van der Waals surface area contributed by atoms with Gasteiger partial charge in [0, 0.05) is 44.1 Å². The highest BCUT2D eigenvalue weighted by molar-refractivity contribution is 5.89. The lowest BCUT2D eigenvalue weighted by Gasteiger charge is -2.39. The molecule has 2 fully saturated rings. The molecular formula is C26H32N2O4. The van der Waals surface area contributed by atoms with Crippen LogP contribution in [0.2, 0.25) is 0 Å². The molecule has 2 heterocycles. The SMILES string of the molecule is CC(C)(C)OC(=O)N1CC[C@H]2[C@@H](C1)[C@H](c1ccccc1)CN2Cc1ccccc1C(=O)O. The molecule has 4 rings (SSSR count). The highest BCUT2D eigenvalue weighted by Gasteiger charge is 2.46. The van der Waals surface area contributed by atoms with Crippen LogP contribution in [0.25, 0.3) is 0 Å². The fourth-order valence-electron chi connectivity index (χ4n) is 5.15. The fourth-order valence-corrected chi connectivity index (χ4v) is 5.15. The van der Waals surface area contributed by atoms with Gasteiger partial charge >= 0.3 is 12.1 Å². The number of amides is 1. The smallest absolute Gasteiger partial charge is 0.410 e. The van der Waals surface area contributed by atoms with Crippen LogP contribution < -0.4 is 0 Å². The molecule has 0 aliphatic carbocycles. The van der Waals surface area contributed by atoms with E-state index >= 15 is 0 Å². The lowest BCUT2D eigenvalue weighted by Crippen LogP contribution is -2.49. The topological polar surface area (TPSA) is 70.1 Å². The number of likely N-dealkylation sites (tertiary alicyclic amines) is 2. The molecule has 2 aliphatic rings. The van der Waals surface area contributed by atoms with Crippen molar-refractivity contribution < 1.29 is 19.4 Å². The molecule has 170 valence electrons. The van der Waals surface area contributed by atoms with E-state index in [1.54, 1.807) is 12.1 Å². The third-order valence-electron chi connectivity index (χ3n) is 6.54. The summed E-state index contributed by atoms with van der Waals surface area (Å²) in [6, 6.07) is 18.0. The minimum absolute atomic E-state index is 0.252. The molecule has 2 aliphatic heterocycles. The Bertz CT molecular complexity index is 969. The molecule has 0 radical (unpaired) electrons. The molecule has 2 aromatic rings. The first-order chi connectivity index (χ1) is 15.2. The monoisotopic (exact) mass is 436 g/mol. The van der Waals surface area contributed by atoms with Crippen LogP contribution in [0.3, 0.4) is 0 Å². The van der Waals surface area contributed by atoms with Crippen molar-refractivity contribution >= 4 is 12.1 Å². The first-order valence-corrected chi connectivity index (χ1v) is 11.3. The van der Waals surface area contributed by atoms with E-state index in [4.69, 9.17) is 4.74 Å². The van der Waals surface area contributed by atoms with Gasteiger partial charge in [-0.05, 0) is 44.4 Å². The number of piperidine rings is 1. The Hall–Kier alpha value is -2.86. The molecule has 1 amide bonds. The van der Waals surface area contributed by atoms with Crippen molar-refractivity contribution in [2.75, 3.05) is 19.6 Å². The van der Waals surface area contributed by atoms with Crippen LogP contribution in [-0.2, 0) is 11.3 Å². The molecule has 0 saturated carbocycles. The van der Waals surface area contributed by atoms with Gasteiger partial charge < -0.3 is 14.7 Å². The summed E-state index contributed by atoms with van der Waals surface area (Å²) in [4.78, 5) is 28.7. The van der Waals surface area contributed by atoms with Crippen LogP contribution >= 0.6 is 0 Å². The van der Waals surface area contributed by atoms with Crippen molar-refractivity contribution in [3.05, 3.63) is 71.3 Å². The average Bonchev–Trinajstić information content (AvgIpc) is 3.11. The summed E-state index contributed by atoms with van der Waals surface area (Å²) in [5.41, 5.74) is 1.94. The molecule has 0 spiro atoms. The van der Waals surface area contributed by atoms with Gasteiger partial charge in [0.25, 0.3) is 0 Å². The van der Waals surface area contributed by atoms with E-state index in [1.165, 1.54) is 5.56 Å². The Morgan fingerprint density at radius 2 is 1.72 bits per heavy atom. The Morgan fingerprint density at radius 3 is 2.41 bits per heavy atom. The van der Waals surface area contributed by atoms with E-state index < -0.39 is 11.6 Å². The maximum Gasteiger partial charge on any atom is 0.410 e. The van der Waals surface area contributed by atoms with E-state index in [0.717, 1.165) is 18.5 Å². The van der Waals surface area contributed by atoms with Crippen molar-refractivity contribution in [3.63, 3.8) is 0 Å². The maximum absolute atomic E-state index is 12.8. The first-order valence-electron chi connectivity index (χ1n) is 11.3. The zero-order chi connectivity index (χ0) is 22.9. The second-order valence-corrected chi connectivity index (χ2v) is 9.86. The summed E-state index contributed by atoms with van der Waals surface area (Å²) >= 11 is 0. The van der Waals surface area contributed by atoms with Crippen molar-refractivity contribution in [1.82, 2.24) is 9.80 Å². The maximum atomic E-state index is 12.8. The second-order valence-electron chi connectivity index (χ2n) is 9.86. The van der Waals surface area contributed by atoms with Gasteiger partial charge in [-0.25, -0.2) is 9.59 Å². The van der Waals surface area contributed by atoms with Gasteiger partial charge in [-0.2, -0.15) is 0 Å². The van der Waals surface area contributed by atoms with Crippen LogP contribution in [0.15, 0.2) is 54.6 Å². The molecule has 6 nitrogen and oxygen atoms in total. The minimum atomic E-state index is -0.893. The van der Waals surface area contributed by atoms with Gasteiger partial charge in [-0.3, -0.25) is 4.90 Å². The summed E-state index contributed by atoms with van der Waals surface area (Å²) in [5.74, 6) is -0.338. The van der Waals surface area contributed by atoms with Crippen LogP contribution in [0.1, 0.15) is 54.6 Å². The van der Waals surface area contributed by atoms with E-state index in [-0.39, 0.29) is 17.9 Å². The molecule has 32 heavy (non-hydrogen) atoms. The molecule has 0 bridgehead atoms. The van der Waals surface area contributed by atoms with Crippen LogP contribution in [0.5, 0.6) is 0 Å². The van der Waals surface area contributed by atoms with Crippen molar-refractivity contribution in [1.29, 1.82) is 0 Å². The Morgan fingerprint density at radius 1 is 1.03 bits per heavy atom. The third kappa shape index (κ3) is 4.80. The summed E-state index contributed by atoms with van der Waals surface area (Å²) in [6.07, 6.45) is 0.597. The minimum Gasteiger partial charge on any atom is -0.478 e. The van der Waals surface area contributed by atoms with Crippen LogP contribution in [-0.4, -0.2) is 58.2 Å². The van der Waals surface area contributed by atoms with Crippen LogP contribution in [0.4, 0.5) is 4.79 Å². The highest BCUT2D eigenvalue weighted by Crippen LogP contribution is 2.42. The predicted molar refractivity (Wildman–Crippen MR) is 123 cm³/mol. The van der Waals surface area contributed by atoms with Gasteiger partial charge in [-0.1, -0.05) is 48.5 Å². The Labute approximate surface area is 189 Å². The number of hydrogen-bond donors (Lipinski definition) is 1. The van der Waals surface area contributed by atoms with Crippen molar-refractivity contribution in [2.45, 2.75) is 51.3 Å². The predicted octanol–water partition coefficient (Wildman–Crippen LogP) is 4.61. The standard InChI is InChI=1S/C26H32N2O4/c1-26(2,3)32-25(31)27-14-13-23-22(17-27)21(18-9-5-4-6-10-18)16-28(23)15-19-11-7-8-12-20(19)24(29)30/h4-12,21-23H,13-17H2,1-3H3,(H,29,30)/t21-,22-,23-/m0/s1. The number of carbonyl (C=O) groups excluding carboxylic acids is 1. The largest absolute Gasteiger partial charge is 0.478 e. The fraction of sp³-hybridized carbons (Fsp3) is 0.462. The lowest BCUT2D eigenvalue weighted by atomic mass is 9.82. The van der Waals surface area contributed by atoms with E-state index in [0.29, 0.717) is 31.2 Å². The molecule has 2 saturated heterocycles. The average molecular weight is 437 g/mol. The van der Waals surface area contributed by atoms with E-state index in [2.05, 4.69) is 29.2 Å². The molecule has 0 aromatic heterocycles. The zero-order valence-electron chi connectivity index (χ0n) is 19.0. The van der Waals surface area contributed by atoms with Gasteiger partial charge in [-0.15, -0.1) is 0 Å². The normalized spacial score (nSPS) is 23.6. The second kappa shape index (κ2) is 8.94. The molecule has 2 aromatic carbocycles. The number of fused-ring (bicyclic) bond motifs is 1. The van der Waals surface area contributed by atoms with Crippen LogP contribution in [0, 0.1) is 5.92 Å². The summed E-state index contributed by atoms with van der Waals surface area (Å²) in [6.45, 7) is 8.41. The first kappa shape index (κ1) is 22.3. The van der Waals surface area contributed by atoms with Gasteiger partial charge in [0.1, 0.15) is 5.60 Å². The van der Waals surface area contributed by atoms with Gasteiger partial charge in [0.05, 0.1) is 5.56 Å². The number of benzene rings is 2.